The molecule has 0 fully saturated rings. The van der Waals surface area contributed by atoms with Crippen LogP contribution in [0.15, 0.2) is 62.7 Å². The Bertz CT molecular complexity index is 908. The minimum atomic E-state index is -0.189. The molecule has 3 rings (SSSR count). The average molecular weight is 400 g/mol. The fourth-order valence-electron chi connectivity index (χ4n) is 2.46. The number of anilines is 1. The van der Waals surface area contributed by atoms with Crippen LogP contribution in [0.25, 0.3) is 11.5 Å². The zero-order chi connectivity index (χ0) is 19.2. The Hall–Kier alpha value is -2.25. The van der Waals surface area contributed by atoms with Crippen molar-refractivity contribution in [2.24, 2.45) is 0 Å². The molecular weight excluding hydrogens is 378 g/mol. The van der Waals surface area contributed by atoms with Gasteiger partial charge >= 0.3 is 6.01 Å². The van der Waals surface area contributed by atoms with Gasteiger partial charge in [-0.3, -0.25) is 10.1 Å². The molecule has 1 amide bonds. The summed E-state index contributed by atoms with van der Waals surface area (Å²) in [7, 11) is 0. The molecule has 0 aliphatic rings. The van der Waals surface area contributed by atoms with Crippen LogP contribution in [0.1, 0.15) is 19.4 Å². The summed E-state index contributed by atoms with van der Waals surface area (Å²) in [6.07, 6.45) is 2.28. The number of benzene rings is 2. The third-order valence-corrected chi connectivity index (χ3v) is 5.39. The molecule has 27 heavy (non-hydrogen) atoms. The van der Waals surface area contributed by atoms with Gasteiger partial charge in [0.15, 0.2) is 0 Å². The SMILES string of the molecule is CSc1ccc(CC(=O)Nc2nnc(-c3cccc(SC(C)C)c3)o2)cc1. The van der Waals surface area contributed by atoms with Crippen LogP contribution < -0.4 is 5.32 Å². The van der Waals surface area contributed by atoms with Crippen LogP contribution in [-0.4, -0.2) is 27.6 Å². The molecule has 1 aromatic heterocycles. The first-order valence-corrected chi connectivity index (χ1v) is 10.7. The van der Waals surface area contributed by atoms with Gasteiger partial charge in [-0.15, -0.1) is 28.6 Å². The summed E-state index contributed by atoms with van der Waals surface area (Å²) in [4.78, 5) is 14.5. The Morgan fingerprint density at radius 2 is 1.89 bits per heavy atom. The predicted molar refractivity (Wildman–Crippen MR) is 111 cm³/mol. The first kappa shape index (κ1) is 19.5. The molecule has 0 aliphatic heterocycles. The number of carbonyl (C=O) groups is 1. The number of amides is 1. The number of nitrogens with one attached hydrogen (secondary N) is 1. The topological polar surface area (TPSA) is 68.0 Å². The van der Waals surface area contributed by atoms with Crippen molar-refractivity contribution in [3.05, 3.63) is 54.1 Å². The number of aromatic nitrogens is 2. The van der Waals surface area contributed by atoms with Gasteiger partial charge < -0.3 is 4.42 Å². The van der Waals surface area contributed by atoms with E-state index in [1.54, 1.807) is 23.5 Å². The lowest BCUT2D eigenvalue weighted by molar-refractivity contribution is -0.115. The van der Waals surface area contributed by atoms with E-state index in [1.807, 2.05) is 48.7 Å². The molecule has 3 aromatic rings. The van der Waals surface area contributed by atoms with Crippen molar-refractivity contribution in [1.82, 2.24) is 10.2 Å². The number of hydrogen-bond acceptors (Lipinski definition) is 6. The summed E-state index contributed by atoms with van der Waals surface area (Å²) in [5.41, 5.74) is 1.77. The number of rotatable bonds is 7. The fraction of sp³-hybridized carbons (Fsp3) is 0.250. The van der Waals surface area contributed by atoms with Gasteiger partial charge in [0, 0.05) is 20.6 Å². The van der Waals surface area contributed by atoms with E-state index in [4.69, 9.17) is 4.42 Å². The zero-order valence-electron chi connectivity index (χ0n) is 15.4. The number of nitrogens with zero attached hydrogens (tertiary/aromatic N) is 2. The second kappa shape index (κ2) is 9.10. The Labute approximate surface area is 167 Å². The summed E-state index contributed by atoms with van der Waals surface area (Å²) < 4.78 is 5.61. The number of hydrogen-bond donors (Lipinski definition) is 1. The second-order valence-electron chi connectivity index (χ2n) is 6.18. The molecule has 5 nitrogen and oxygen atoms in total. The van der Waals surface area contributed by atoms with Gasteiger partial charge in [-0.25, -0.2) is 0 Å². The Kier molecular flexibility index (Phi) is 6.58. The fourth-order valence-corrected chi connectivity index (χ4v) is 3.76. The molecule has 0 spiro atoms. The van der Waals surface area contributed by atoms with E-state index in [0.29, 0.717) is 11.1 Å². The second-order valence-corrected chi connectivity index (χ2v) is 8.71. The minimum Gasteiger partial charge on any atom is -0.403 e. The highest BCUT2D eigenvalue weighted by Gasteiger charge is 2.12. The molecule has 2 aromatic carbocycles. The molecule has 0 saturated carbocycles. The highest BCUT2D eigenvalue weighted by molar-refractivity contribution is 8.00. The Morgan fingerprint density at radius 3 is 2.59 bits per heavy atom. The summed E-state index contributed by atoms with van der Waals surface area (Å²) in [5, 5.41) is 11.1. The smallest absolute Gasteiger partial charge is 0.322 e. The zero-order valence-corrected chi connectivity index (χ0v) is 17.1. The summed E-state index contributed by atoms with van der Waals surface area (Å²) in [6.45, 7) is 4.29. The van der Waals surface area contributed by atoms with E-state index in [9.17, 15) is 4.79 Å². The number of thioether (sulfide) groups is 2. The molecule has 0 atom stereocenters. The molecule has 0 saturated heterocycles. The first-order valence-electron chi connectivity index (χ1n) is 8.57. The molecule has 0 bridgehead atoms. The minimum absolute atomic E-state index is 0.109. The lowest BCUT2D eigenvalue weighted by Gasteiger charge is -2.05. The van der Waals surface area contributed by atoms with Crippen LogP contribution in [-0.2, 0) is 11.2 Å². The van der Waals surface area contributed by atoms with Gasteiger partial charge in [0.05, 0.1) is 6.42 Å². The normalized spacial score (nSPS) is 11.0. The Balaban J connectivity index is 1.64. The predicted octanol–water partition coefficient (Wildman–Crippen LogP) is 5.14. The van der Waals surface area contributed by atoms with E-state index in [0.717, 1.165) is 16.0 Å². The van der Waals surface area contributed by atoms with Crippen molar-refractivity contribution < 1.29 is 9.21 Å². The van der Waals surface area contributed by atoms with Gasteiger partial charge in [-0.2, -0.15) is 0 Å². The van der Waals surface area contributed by atoms with Crippen molar-refractivity contribution >= 4 is 35.4 Å². The molecular formula is C20H21N3O2S2. The van der Waals surface area contributed by atoms with E-state index < -0.39 is 0 Å². The molecule has 0 aliphatic carbocycles. The molecule has 1 N–H and O–H groups in total. The summed E-state index contributed by atoms with van der Waals surface area (Å²) in [6, 6.07) is 15.9. The lowest BCUT2D eigenvalue weighted by Crippen LogP contribution is -2.14. The van der Waals surface area contributed by atoms with Gasteiger partial charge in [0.25, 0.3) is 0 Å². The average Bonchev–Trinajstić information content (AvgIpc) is 3.10. The third-order valence-electron chi connectivity index (χ3n) is 3.65. The van der Waals surface area contributed by atoms with Crippen LogP contribution in [0.4, 0.5) is 6.01 Å². The first-order chi connectivity index (χ1) is 13.0. The largest absolute Gasteiger partial charge is 0.403 e. The number of carbonyl (C=O) groups excluding carboxylic acids is 1. The standard InChI is InChI=1S/C20H21N3O2S2/c1-13(2)27-17-6-4-5-15(12-17)19-22-23-20(25-19)21-18(24)11-14-7-9-16(26-3)10-8-14/h4-10,12-13H,11H2,1-3H3,(H,21,23,24). The monoisotopic (exact) mass is 399 g/mol. The summed E-state index contributed by atoms with van der Waals surface area (Å²) >= 11 is 3.44. The van der Waals surface area contributed by atoms with Crippen LogP contribution >= 0.6 is 23.5 Å². The van der Waals surface area contributed by atoms with Crippen molar-refractivity contribution in [3.8, 4) is 11.5 Å². The quantitative estimate of drug-likeness (QED) is 0.555. The summed E-state index contributed by atoms with van der Waals surface area (Å²) in [5.74, 6) is 0.201. The van der Waals surface area contributed by atoms with Crippen molar-refractivity contribution in [2.45, 2.75) is 35.3 Å². The highest BCUT2D eigenvalue weighted by atomic mass is 32.2. The van der Waals surface area contributed by atoms with Crippen molar-refractivity contribution in [1.29, 1.82) is 0 Å². The van der Waals surface area contributed by atoms with Crippen LogP contribution in [0.3, 0.4) is 0 Å². The highest BCUT2D eigenvalue weighted by Crippen LogP contribution is 2.28. The molecule has 140 valence electrons. The van der Waals surface area contributed by atoms with Gasteiger partial charge in [-0.05, 0) is 42.2 Å². The van der Waals surface area contributed by atoms with E-state index in [-0.39, 0.29) is 18.3 Å². The molecule has 7 heteroatoms. The molecule has 0 radical (unpaired) electrons. The van der Waals surface area contributed by atoms with Crippen LogP contribution in [0.2, 0.25) is 0 Å². The van der Waals surface area contributed by atoms with Gasteiger partial charge in [0.1, 0.15) is 0 Å². The van der Waals surface area contributed by atoms with Crippen molar-refractivity contribution in [3.63, 3.8) is 0 Å². The van der Waals surface area contributed by atoms with Crippen LogP contribution in [0, 0.1) is 0 Å². The molecule has 0 unspecified atom stereocenters. The van der Waals surface area contributed by atoms with E-state index in [2.05, 4.69) is 35.4 Å². The maximum Gasteiger partial charge on any atom is 0.322 e. The van der Waals surface area contributed by atoms with Gasteiger partial charge in [0.2, 0.25) is 11.8 Å². The van der Waals surface area contributed by atoms with E-state index >= 15 is 0 Å². The Morgan fingerprint density at radius 1 is 1.11 bits per heavy atom. The van der Waals surface area contributed by atoms with Gasteiger partial charge in [-0.1, -0.05) is 37.1 Å². The maximum atomic E-state index is 12.2. The van der Waals surface area contributed by atoms with Crippen LogP contribution in [0.5, 0.6) is 0 Å². The lowest BCUT2D eigenvalue weighted by atomic mass is 10.1. The van der Waals surface area contributed by atoms with E-state index in [1.165, 1.54) is 4.90 Å². The maximum absolute atomic E-state index is 12.2. The van der Waals surface area contributed by atoms with Crippen molar-refractivity contribution in [2.75, 3.05) is 11.6 Å². The molecule has 1 heterocycles. The third kappa shape index (κ3) is 5.61.